The van der Waals surface area contributed by atoms with Crippen LogP contribution in [0.3, 0.4) is 0 Å². The fourth-order valence-corrected chi connectivity index (χ4v) is 2.63. The Morgan fingerprint density at radius 3 is 3.05 bits per heavy atom. The van der Waals surface area contributed by atoms with Gasteiger partial charge in [-0.3, -0.25) is 0 Å². The Hall–Kier alpha value is -2.08. The molecule has 1 aromatic rings. The Balaban J connectivity index is 2.33. The van der Waals surface area contributed by atoms with Gasteiger partial charge in [0.25, 0.3) is 0 Å². The molecule has 0 saturated heterocycles. The van der Waals surface area contributed by atoms with Crippen LogP contribution in [0, 0.1) is 0 Å². The van der Waals surface area contributed by atoms with E-state index in [9.17, 15) is 9.59 Å². The highest BCUT2D eigenvalue weighted by Gasteiger charge is 2.32. The van der Waals surface area contributed by atoms with Crippen molar-refractivity contribution in [3.8, 4) is 0 Å². The number of rotatable bonds is 4. The number of carbonyl (C=O) groups is 2. The average Bonchev–Trinajstić information content (AvgIpc) is 2.88. The number of urea groups is 1. The van der Waals surface area contributed by atoms with Crippen molar-refractivity contribution >= 4 is 23.3 Å². The summed E-state index contributed by atoms with van der Waals surface area (Å²) in [5.41, 5.74) is 0.931. The lowest BCUT2D eigenvalue weighted by molar-refractivity contribution is -0.138. The Morgan fingerprint density at radius 1 is 1.63 bits per heavy atom. The molecular formula is C13H14N2O3S. The number of thiophene rings is 1. The predicted octanol–water partition coefficient (Wildman–Crippen LogP) is 2.11. The van der Waals surface area contributed by atoms with Gasteiger partial charge in [-0.2, -0.15) is 0 Å². The van der Waals surface area contributed by atoms with Crippen molar-refractivity contribution < 1.29 is 14.3 Å². The smallest absolute Gasteiger partial charge is 0.338 e. The third-order valence-corrected chi connectivity index (χ3v) is 3.59. The maximum atomic E-state index is 12.1. The van der Waals surface area contributed by atoms with E-state index >= 15 is 0 Å². The summed E-state index contributed by atoms with van der Waals surface area (Å²) in [5, 5.41) is 7.21. The van der Waals surface area contributed by atoms with Crippen LogP contribution in [0.15, 0.2) is 41.4 Å². The van der Waals surface area contributed by atoms with Crippen LogP contribution in [0.1, 0.15) is 17.8 Å². The third-order valence-electron chi connectivity index (χ3n) is 2.65. The lowest BCUT2D eigenvalue weighted by atomic mass is 10.0. The molecule has 1 unspecified atom stereocenters. The first-order valence-corrected chi connectivity index (χ1v) is 6.61. The van der Waals surface area contributed by atoms with Crippen LogP contribution in [0.5, 0.6) is 0 Å². The first kappa shape index (κ1) is 13.4. The summed E-state index contributed by atoms with van der Waals surface area (Å²) in [4.78, 5) is 24.5. The number of carbonyl (C=O) groups excluding carboxylic acids is 2. The highest BCUT2D eigenvalue weighted by molar-refractivity contribution is 7.10. The van der Waals surface area contributed by atoms with E-state index in [1.54, 1.807) is 6.92 Å². The number of esters is 1. The molecule has 0 spiro atoms. The summed E-state index contributed by atoms with van der Waals surface area (Å²) in [7, 11) is 0. The highest BCUT2D eigenvalue weighted by Crippen LogP contribution is 2.30. The number of allylic oxidation sites excluding steroid dienone is 1. The van der Waals surface area contributed by atoms with Crippen molar-refractivity contribution in [2.45, 2.75) is 13.0 Å². The summed E-state index contributed by atoms with van der Waals surface area (Å²) in [6.07, 6.45) is 1.50. The van der Waals surface area contributed by atoms with Gasteiger partial charge in [-0.1, -0.05) is 18.7 Å². The van der Waals surface area contributed by atoms with Crippen LogP contribution in [-0.4, -0.2) is 18.6 Å². The lowest BCUT2D eigenvalue weighted by Gasteiger charge is -2.26. The van der Waals surface area contributed by atoms with Crippen LogP contribution >= 0.6 is 11.3 Å². The monoisotopic (exact) mass is 278 g/mol. The molecular weight excluding hydrogens is 264 g/mol. The van der Waals surface area contributed by atoms with Crippen LogP contribution in [0.25, 0.3) is 0 Å². The molecule has 1 aromatic heterocycles. The molecule has 1 aliphatic heterocycles. The summed E-state index contributed by atoms with van der Waals surface area (Å²) >= 11 is 1.47. The summed E-state index contributed by atoms with van der Waals surface area (Å²) in [6.45, 7) is 5.33. The van der Waals surface area contributed by atoms with Crippen molar-refractivity contribution in [2.75, 3.05) is 6.61 Å². The van der Waals surface area contributed by atoms with E-state index in [0.717, 1.165) is 4.88 Å². The Morgan fingerprint density at radius 2 is 2.42 bits per heavy atom. The fraction of sp³-hybridized carbons (Fsp3) is 0.231. The zero-order chi connectivity index (χ0) is 13.8. The molecule has 100 valence electrons. The van der Waals surface area contributed by atoms with E-state index < -0.39 is 12.0 Å². The highest BCUT2D eigenvalue weighted by atomic mass is 32.1. The molecule has 2 amide bonds. The maximum Gasteiger partial charge on any atom is 0.338 e. The minimum Gasteiger partial charge on any atom is -0.458 e. The van der Waals surface area contributed by atoms with Gasteiger partial charge >= 0.3 is 12.0 Å². The molecule has 2 N–H and O–H groups in total. The lowest BCUT2D eigenvalue weighted by Crippen LogP contribution is -2.45. The first-order chi connectivity index (χ1) is 9.13. The Bertz CT molecular complexity index is 534. The van der Waals surface area contributed by atoms with Crippen molar-refractivity contribution in [1.29, 1.82) is 0 Å². The van der Waals surface area contributed by atoms with Gasteiger partial charge in [0.15, 0.2) is 0 Å². The van der Waals surface area contributed by atoms with E-state index in [-0.39, 0.29) is 12.6 Å². The average molecular weight is 278 g/mol. The second kappa shape index (κ2) is 5.71. The second-order valence-electron chi connectivity index (χ2n) is 3.97. The molecule has 19 heavy (non-hydrogen) atoms. The van der Waals surface area contributed by atoms with Gasteiger partial charge in [0.1, 0.15) is 6.61 Å². The molecule has 2 rings (SSSR count). The van der Waals surface area contributed by atoms with E-state index in [0.29, 0.717) is 11.3 Å². The SMILES string of the molecule is C=CCOC(=O)C1=C(C)NC(=O)NC1c1cccs1. The molecule has 2 heterocycles. The van der Waals surface area contributed by atoms with Gasteiger partial charge in [0.05, 0.1) is 11.6 Å². The Labute approximate surface area is 115 Å². The van der Waals surface area contributed by atoms with Crippen molar-refractivity contribution in [3.05, 3.63) is 46.3 Å². The summed E-state index contributed by atoms with van der Waals surface area (Å²) in [6, 6.07) is 2.95. The molecule has 6 heteroatoms. The summed E-state index contributed by atoms with van der Waals surface area (Å²) < 4.78 is 5.06. The van der Waals surface area contributed by atoms with Gasteiger partial charge < -0.3 is 15.4 Å². The van der Waals surface area contributed by atoms with Gasteiger partial charge in [-0.15, -0.1) is 11.3 Å². The van der Waals surface area contributed by atoms with Crippen LogP contribution in [-0.2, 0) is 9.53 Å². The van der Waals surface area contributed by atoms with Crippen LogP contribution in [0.4, 0.5) is 4.79 Å². The van der Waals surface area contributed by atoms with Crippen molar-refractivity contribution in [1.82, 2.24) is 10.6 Å². The number of hydrogen-bond donors (Lipinski definition) is 2. The molecule has 0 saturated carbocycles. The number of nitrogens with one attached hydrogen (secondary N) is 2. The van der Waals surface area contributed by atoms with E-state index in [1.807, 2.05) is 17.5 Å². The number of amides is 2. The molecule has 0 aromatic carbocycles. The third kappa shape index (κ3) is 2.85. The molecule has 0 radical (unpaired) electrons. The van der Waals surface area contributed by atoms with Gasteiger partial charge in [0, 0.05) is 10.6 Å². The zero-order valence-electron chi connectivity index (χ0n) is 10.4. The van der Waals surface area contributed by atoms with Crippen LogP contribution < -0.4 is 10.6 Å². The van der Waals surface area contributed by atoms with E-state index in [1.165, 1.54) is 17.4 Å². The van der Waals surface area contributed by atoms with Crippen molar-refractivity contribution in [3.63, 3.8) is 0 Å². The normalized spacial score (nSPS) is 18.6. The quantitative estimate of drug-likeness (QED) is 0.654. The second-order valence-corrected chi connectivity index (χ2v) is 4.95. The van der Waals surface area contributed by atoms with Crippen molar-refractivity contribution in [2.24, 2.45) is 0 Å². The molecule has 1 aliphatic rings. The topological polar surface area (TPSA) is 67.4 Å². The molecule has 1 atom stereocenters. The first-order valence-electron chi connectivity index (χ1n) is 5.73. The van der Waals surface area contributed by atoms with Gasteiger partial charge in [-0.05, 0) is 18.4 Å². The molecule has 0 fully saturated rings. The summed E-state index contributed by atoms with van der Waals surface area (Å²) in [5.74, 6) is -0.455. The number of hydrogen-bond acceptors (Lipinski definition) is 4. The van der Waals surface area contributed by atoms with Gasteiger partial charge in [-0.25, -0.2) is 9.59 Å². The molecule has 0 aliphatic carbocycles. The zero-order valence-corrected chi connectivity index (χ0v) is 11.3. The van der Waals surface area contributed by atoms with Crippen LogP contribution in [0.2, 0.25) is 0 Å². The minimum atomic E-state index is -0.467. The standard InChI is InChI=1S/C13H14N2O3S/c1-3-6-18-12(16)10-8(2)14-13(17)15-11(10)9-5-4-7-19-9/h3-5,7,11H,1,6H2,2H3,(H2,14,15,17). The number of ether oxygens (including phenoxy) is 1. The molecule has 5 nitrogen and oxygen atoms in total. The minimum absolute atomic E-state index is 0.140. The largest absolute Gasteiger partial charge is 0.458 e. The molecule has 0 bridgehead atoms. The van der Waals surface area contributed by atoms with E-state index in [4.69, 9.17) is 4.74 Å². The predicted molar refractivity (Wildman–Crippen MR) is 72.6 cm³/mol. The van der Waals surface area contributed by atoms with Gasteiger partial charge in [0.2, 0.25) is 0 Å². The Kier molecular flexibility index (Phi) is 4.01. The van der Waals surface area contributed by atoms with E-state index in [2.05, 4.69) is 17.2 Å². The fourth-order valence-electron chi connectivity index (χ4n) is 1.85. The maximum absolute atomic E-state index is 12.1.